The maximum absolute atomic E-state index is 11.7. The van der Waals surface area contributed by atoms with Crippen LogP contribution in [-0.4, -0.2) is 23.7 Å². The number of carbonyl (C=O) groups excluding carboxylic acids is 2. The van der Waals surface area contributed by atoms with E-state index >= 15 is 0 Å². The highest BCUT2D eigenvalue weighted by Crippen LogP contribution is 2.40. The van der Waals surface area contributed by atoms with Crippen LogP contribution in [0.5, 0.6) is 0 Å². The maximum atomic E-state index is 11.7. The molecule has 1 saturated carbocycles. The Morgan fingerprint density at radius 1 is 1.36 bits per heavy atom. The van der Waals surface area contributed by atoms with Gasteiger partial charge in [-0.3, -0.25) is 9.59 Å². The number of halogens is 1. The molecule has 0 saturated heterocycles. The summed E-state index contributed by atoms with van der Waals surface area (Å²) in [7, 11) is 0. The molecule has 0 aromatic heterocycles. The second-order valence-corrected chi connectivity index (χ2v) is 4.13. The van der Waals surface area contributed by atoms with Crippen molar-refractivity contribution < 1.29 is 14.3 Å². The third-order valence-electron chi connectivity index (χ3n) is 2.78. The van der Waals surface area contributed by atoms with Crippen molar-refractivity contribution in [3.63, 3.8) is 0 Å². The minimum Gasteiger partial charge on any atom is -0.465 e. The zero-order valence-corrected chi connectivity index (χ0v) is 9.93. The molecular weight excluding hydrogens is 248 g/mol. The molecule has 0 atom stereocenters. The van der Waals surface area contributed by atoms with E-state index in [2.05, 4.69) is 15.9 Å². The molecule has 0 spiro atoms. The highest BCUT2D eigenvalue weighted by Gasteiger charge is 2.48. The molecular formula is C10H15BrO3. The van der Waals surface area contributed by atoms with Crippen LogP contribution in [0.1, 0.15) is 32.6 Å². The third-order valence-corrected chi connectivity index (χ3v) is 3.29. The summed E-state index contributed by atoms with van der Waals surface area (Å²) in [5.74, 6) is -0.365. The zero-order chi connectivity index (χ0) is 10.6. The van der Waals surface area contributed by atoms with Gasteiger partial charge in [0.05, 0.1) is 11.9 Å². The molecule has 0 bridgehead atoms. The van der Waals surface area contributed by atoms with Gasteiger partial charge in [0, 0.05) is 0 Å². The van der Waals surface area contributed by atoms with Crippen molar-refractivity contribution in [2.24, 2.45) is 5.41 Å². The molecule has 1 fully saturated rings. The third kappa shape index (κ3) is 2.00. The molecule has 0 N–H and O–H groups in total. The molecule has 80 valence electrons. The Balaban J connectivity index is 2.81. The van der Waals surface area contributed by atoms with Crippen molar-refractivity contribution in [1.82, 2.24) is 0 Å². The average Bonchev–Trinajstić information content (AvgIpc) is 2.67. The molecule has 1 aliphatic carbocycles. The summed E-state index contributed by atoms with van der Waals surface area (Å²) in [6, 6.07) is 0. The molecule has 0 unspecified atom stereocenters. The van der Waals surface area contributed by atoms with Gasteiger partial charge in [-0.15, -0.1) is 0 Å². The number of hydrogen-bond acceptors (Lipinski definition) is 3. The van der Waals surface area contributed by atoms with Crippen molar-refractivity contribution in [1.29, 1.82) is 0 Å². The molecule has 0 aliphatic heterocycles. The van der Waals surface area contributed by atoms with Gasteiger partial charge in [0.15, 0.2) is 5.78 Å². The Hall–Kier alpha value is -0.380. The summed E-state index contributed by atoms with van der Waals surface area (Å²) in [5.41, 5.74) is -0.834. The number of esters is 1. The van der Waals surface area contributed by atoms with Gasteiger partial charge in [0.25, 0.3) is 0 Å². The van der Waals surface area contributed by atoms with Gasteiger partial charge < -0.3 is 4.74 Å². The van der Waals surface area contributed by atoms with Crippen LogP contribution >= 0.6 is 15.9 Å². The standard InChI is InChI=1S/C10H15BrO3/c1-2-14-9(13)10(8(12)7-11)5-3-4-6-10/h2-7H2,1H3. The molecule has 3 nitrogen and oxygen atoms in total. The van der Waals surface area contributed by atoms with Crippen LogP contribution in [0.3, 0.4) is 0 Å². The molecule has 0 aromatic carbocycles. The summed E-state index contributed by atoms with van der Waals surface area (Å²) in [6.45, 7) is 2.11. The Labute approximate surface area is 92.3 Å². The van der Waals surface area contributed by atoms with Crippen molar-refractivity contribution in [2.45, 2.75) is 32.6 Å². The minimum absolute atomic E-state index is 0.0338. The highest BCUT2D eigenvalue weighted by atomic mass is 79.9. The van der Waals surface area contributed by atoms with E-state index in [1.165, 1.54) is 0 Å². The second-order valence-electron chi connectivity index (χ2n) is 3.57. The lowest BCUT2D eigenvalue weighted by Gasteiger charge is -2.23. The first-order valence-electron chi connectivity index (χ1n) is 4.94. The smallest absolute Gasteiger partial charge is 0.319 e. The summed E-state index contributed by atoms with van der Waals surface area (Å²) >= 11 is 3.12. The second kappa shape index (κ2) is 4.91. The van der Waals surface area contributed by atoms with Crippen LogP contribution in [0, 0.1) is 5.41 Å². The van der Waals surface area contributed by atoms with Gasteiger partial charge in [-0.25, -0.2) is 0 Å². The lowest BCUT2D eigenvalue weighted by molar-refractivity contribution is -0.159. The van der Waals surface area contributed by atoms with E-state index < -0.39 is 5.41 Å². The summed E-state index contributed by atoms with van der Waals surface area (Å²) in [6.07, 6.45) is 3.18. The SMILES string of the molecule is CCOC(=O)C1(C(=O)CBr)CCCC1. The normalized spacial score (nSPS) is 19.3. The molecule has 0 aromatic rings. The number of hydrogen-bond donors (Lipinski definition) is 0. The average molecular weight is 263 g/mol. The summed E-state index contributed by atoms with van der Waals surface area (Å²) in [5, 5.41) is 0.242. The number of ketones is 1. The summed E-state index contributed by atoms with van der Waals surface area (Å²) in [4.78, 5) is 23.4. The van der Waals surface area contributed by atoms with E-state index in [4.69, 9.17) is 4.74 Å². The zero-order valence-electron chi connectivity index (χ0n) is 8.35. The lowest BCUT2D eigenvalue weighted by atomic mass is 9.82. The van der Waals surface area contributed by atoms with E-state index in [1.807, 2.05) is 0 Å². The summed E-state index contributed by atoms with van der Waals surface area (Å²) < 4.78 is 4.97. The molecule has 14 heavy (non-hydrogen) atoms. The molecule has 0 heterocycles. The van der Waals surface area contributed by atoms with Gasteiger partial charge >= 0.3 is 5.97 Å². The van der Waals surface area contributed by atoms with E-state index in [0.29, 0.717) is 19.4 Å². The Morgan fingerprint density at radius 2 is 1.93 bits per heavy atom. The van der Waals surface area contributed by atoms with Gasteiger partial charge in [0.2, 0.25) is 0 Å². The quantitative estimate of drug-likeness (QED) is 0.443. The van der Waals surface area contributed by atoms with Gasteiger partial charge in [-0.1, -0.05) is 28.8 Å². The first-order chi connectivity index (χ1) is 6.67. The molecule has 4 heteroatoms. The van der Waals surface area contributed by atoms with E-state index in [1.54, 1.807) is 6.92 Å². The van der Waals surface area contributed by atoms with E-state index in [-0.39, 0.29) is 17.1 Å². The van der Waals surface area contributed by atoms with Gasteiger partial charge in [-0.2, -0.15) is 0 Å². The number of Topliss-reactive ketones (excluding diaryl/α,β-unsaturated/α-hetero) is 1. The Kier molecular flexibility index (Phi) is 4.11. The topological polar surface area (TPSA) is 43.4 Å². The van der Waals surface area contributed by atoms with E-state index in [0.717, 1.165) is 12.8 Å². The van der Waals surface area contributed by atoms with Crippen LogP contribution in [0.2, 0.25) is 0 Å². The van der Waals surface area contributed by atoms with Gasteiger partial charge in [0.1, 0.15) is 5.41 Å². The first-order valence-corrected chi connectivity index (χ1v) is 6.06. The number of ether oxygens (including phenoxy) is 1. The fourth-order valence-corrected chi connectivity index (χ4v) is 2.51. The molecule has 0 amide bonds. The van der Waals surface area contributed by atoms with Crippen molar-refractivity contribution in [2.75, 3.05) is 11.9 Å². The minimum atomic E-state index is -0.834. The van der Waals surface area contributed by atoms with Crippen molar-refractivity contribution in [3.05, 3.63) is 0 Å². The monoisotopic (exact) mass is 262 g/mol. The largest absolute Gasteiger partial charge is 0.465 e. The number of rotatable bonds is 4. The number of carbonyl (C=O) groups is 2. The van der Waals surface area contributed by atoms with Crippen molar-refractivity contribution in [3.8, 4) is 0 Å². The predicted molar refractivity (Wildman–Crippen MR) is 56.3 cm³/mol. The van der Waals surface area contributed by atoms with Crippen molar-refractivity contribution >= 4 is 27.7 Å². The fraction of sp³-hybridized carbons (Fsp3) is 0.800. The lowest BCUT2D eigenvalue weighted by Crippen LogP contribution is -2.39. The Bertz CT molecular complexity index is 232. The Morgan fingerprint density at radius 3 is 2.36 bits per heavy atom. The predicted octanol–water partition coefficient (Wildman–Crippen LogP) is 2.07. The molecule has 1 rings (SSSR count). The molecule has 0 radical (unpaired) electrons. The fourth-order valence-electron chi connectivity index (χ4n) is 1.97. The van der Waals surface area contributed by atoms with Crippen LogP contribution in [0.15, 0.2) is 0 Å². The highest BCUT2D eigenvalue weighted by molar-refractivity contribution is 9.09. The number of alkyl halides is 1. The van der Waals surface area contributed by atoms with Gasteiger partial charge in [-0.05, 0) is 19.8 Å². The molecule has 1 aliphatic rings. The van der Waals surface area contributed by atoms with Crippen LogP contribution in [0.4, 0.5) is 0 Å². The van der Waals surface area contributed by atoms with E-state index in [9.17, 15) is 9.59 Å². The maximum Gasteiger partial charge on any atom is 0.319 e. The first kappa shape index (κ1) is 11.7. The van der Waals surface area contributed by atoms with Crippen LogP contribution in [-0.2, 0) is 14.3 Å². The van der Waals surface area contributed by atoms with Crippen LogP contribution in [0.25, 0.3) is 0 Å². The van der Waals surface area contributed by atoms with Crippen LogP contribution < -0.4 is 0 Å².